The average molecular weight is 856 g/mol. The molecular formula is C37H33ClF7N7O5S. The van der Waals surface area contributed by atoms with Crippen LogP contribution in [0, 0.1) is 29.4 Å². The minimum absolute atomic E-state index is 0.0450. The van der Waals surface area contributed by atoms with Crippen molar-refractivity contribution in [2.45, 2.75) is 57.0 Å². The number of aliphatic hydroxyl groups is 2. The highest BCUT2D eigenvalue weighted by Crippen LogP contribution is 2.49. The smallest absolute Gasteiger partial charge is 0.392 e. The average Bonchev–Trinajstić information content (AvgIpc) is 3.71. The second kappa shape index (κ2) is 15.2. The predicted octanol–water partition coefficient (Wildman–Crippen LogP) is 5.63. The predicted molar refractivity (Wildman–Crippen MR) is 197 cm³/mol. The molecule has 0 saturated carbocycles. The SMILES string of the molecule is C[C@@H]1Cc2c(C(F)(F)F)nn(CC(=O)N[C@@H](Cc3cc(F)cc(F)c3)c3nc(C#CC(C)(O)CO)ccc3-c3ccc(Cl)c4c(NS(C)(=O)=O)nn(C)c34)c2C1(F)F. The third kappa shape index (κ3) is 8.62. The van der Waals surface area contributed by atoms with Crippen LogP contribution < -0.4 is 10.0 Å². The molecule has 4 N–H and O–H groups in total. The van der Waals surface area contributed by atoms with E-state index in [1.165, 1.54) is 42.9 Å². The number of rotatable bonds is 10. The Morgan fingerprint density at radius 3 is 2.38 bits per heavy atom. The number of carbonyl (C=O) groups is 1. The summed E-state index contributed by atoms with van der Waals surface area (Å²) in [4.78, 5) is 18.5. The van der Waals surface area contributed by atoms with Crippen molar-refractivity contribution in [3.8, 4) is 23.0 Å². The van der Waals surface area contributed by atoms with Crippen LogP contribution in [-0.4, -0.2) is 67.5 Å². The number of hydrogen-bond acceptors (Lipinski definition) is 8. The Bertz CT molecular complexity index is 2620. The zero-order chi connectivity index (χ0) is 42.7. The Morgan fingerprint density at radius 1 is 1.10 bits per heavy atom. The Balaban J connectivity index is 1.55. The number of halogens is 8. The fourth-order valence-corrected chi connectivity index (χ4v) is 7.49. The lowest BCUT2D eigenvalue weighted by molar-refractivity contribution is -0.142. The lowest BCUT2D eigenvalue weighted by Crippen LogP contribution is -2.35. The standard InChI is InChI=1S/C37H33ClF7N7O5S/c1-18-11-25-32(37(43,44)45)48-52(33(25)36(18,41)42)16-28(54)47-27(14-19-12-20(39)15-21(40)13-19)30-23(6-5-22(46-30)9-10-35(2,55)17-53)24-7-8-26(38)29-31(24)51(3)49-34(29)50-58(4,56)57/h5-8,12-13,15,18,27,53,55H,11,14,16-17H2,1-4H3,(H,47,54)(H,49,50)/t18-,27+,35?/m1/s1. The fourth-order valence-electron chi connectivity index (χ4n) is 6.75. The number of benzene rings is 2. The molecule has 0 saturated heterocycles. The van der Waals surface area contributed by atoms with E-state index < -0.39 is 100 Å². The van der Waals surface area contributed by atoms with E-state index in [-0.39, 0.29) is 54.5 Å². The maximum Gasteiger partial charge on any atom is 0.435 e. The van der Waals surface area contributed by atoms with Crippen molar-refractivity contribution in [3.05, 3.63) is 93.0 Å². The fraction of sp³-hybridized carbons (Fsp3) is 0.351. The van der Waals surface area contributed by atoms with Crippen molar-refractivity contribution in [3.63, 3.8) is 0 Å². The number of fused-ring (bicyclic) bond motifs is 2. The highest BCUT2D eigenvalue weighted by atomic mass is 35.5. The first-order chi connectivity index (χ1) is 26.9. The lowest BCUT2D eigenvalue weighted by Gasteiger charge is -2.23. The minimum Gasteiger partial charge on any atom is -0.392 e. The number of anilines is 1. The Hall–Kier alpha value is -5.23. The first-order valence-electron chi connectivity index (χ1n) is 17.2. The van der Waals surface area contributed by atoms with Crippen LogP contribution in [0.5, 0.6) is 0 Å². The van der Waals surface area contributed by atoms with Gasteiger partial charge in [-0.3, -0.25) is 18.9 Å². The van der Waals surface area contributed by atoms with Crippen LogP contribution >= 0.6 is 11.6 Å². The second-order valence-electron chi connectivity index (χ2n) is 14.1. The number of nitrogens with one attached hydrogen (secondary N) is 2. The molecule has 3 heterocycles. The number of nitrogens with zero attached hydrogens (tertiary/aromatic N) is 5. The third-order valence-corrected chi connectivity index (χ3v) is 10.2. The molecule has 58 heavy (non-hydrogen) atoms. The van der Waals surface area contributed by atoms with Gasteiger partial charge in [-0.15, -0.1) is 0 Å². The number of amides is 1. The highest BCUT2D eigenvalue weighted by Gasteiger charge is 2.54. The van der Waals surface area contributed by atoms with Gasteiger partial charge in [0.2, 0.25) is 15.9 Å². The molecule has 308 valence electrons. The first-order valence-corrected chi connectivity index (χ1v) is 19.5. The summed E-state index contributed by atoms with van der Waals surface area (Å²) < 4.78 is 130. The van der Waals surface area contributed by atoms with E-state index in [4.69, 9.17) is 11.6 Å². The molecule has 1 amide bonds. The molecule has 5 aromatic rings. The molecular weight excluding hydrogens is 823 g/mol. The highest BCUT2D eigenvalue weighted by molar-refractivity contribution is 7.92. The Morgan fingerprint density at radius 2 is 1.76 bits per heavy atom. The lowest BCUT2D eigenvalue weighted by atomic mass is 9.93. The van der Waals surface area contributed by atoms with Crippen LogP contribution in [0.15, 0.2) is 42.5 Å². The summed E-state index contributed by atoms with van der Waals surface area (Å²) in [7, 11) is -2.40. The molecule has 3 aromatic heterocycles. The van der Waals surface area contributed by atoms with E-state index in [1.807, 2.05) is 0 Å². The van der Waals surface area contributed by atoms with Crippen LogP contribution in [0.1, 0.15) is 53.8 Å². The molecule has 21 heteroatoms. The van der Waals surface area contributed by atoms with Gasteiger partial charge in [-0.2, -0.15) is 32.1 Å². The molecule has 1 unspecified atom stereocenters. The van der Waals surface area contributed by atoms with Gasteiger partial charge in [-0.25, -0.2) is 22.2 Å². The quantitative estimate of drug-likeness (QED) is 0.104. The van der Waals surface area contributed by atoms with Crippen LogP contribution in [0.2, 0.25) is 5.02 Å². The molecule has 0 aliphatic heterocycles. The number of aryl methyl sites for hydroxylation is 1. The minimum atomic E-state index is -5.12. The van der Waals surface area contributed by atoms with Crippen LogP contribution in [0.3, 0.4) is 0 Å². The maximum absolute atomic E-state index is 15.3. The first kappa shape index (κ1) is 42.4. The summed E-state index contributed by atoms with van der Waals surface area (Å²) in [6.45, 7) is 0.368. The molecule has 0 bridgehead atoms. The summed E-state index contributed by atoms with van der Waals surface area (Å²) in [6, 6.07) is 6.81. The number of aliphatic hydroxyl groups excluding tert-OH is 1. The van der Waals surface area contributed by atoms with E-state index >= 15 is 8.78 Å². The normalized spacial score (nSPS) is 16.7. The molecule has 3 atom stereocenters. The third-order valence-electron chi connectivity index (χ3n) is 9.29. The molecule has 6 rings (SSSR count). The number of carbonyl (C=O) groups excluding carboxylic acids is 1. The van der Waals surface area contributed by atoms with Crippen LogP contribution in [0.25, 0.3) is 22.0 Å². The van der Waals surface area contributed by atoms with Gasteiger partial charge in [0.25, 0.3) is 5.92 Å². The molecule has 12 nitrogen and oxygen atoms in total. The van der Waals surface area contributed by atoms with Crippen molar-refractivity contribution in [1.82, 2.24) is 29.9 Å². The molecule has 0 radical (unpaired) electrons. The Labute approximate surface area is 331 Å². The monoisotopic (exact) mass is 855 g/mol. The number of alkyl halides is 5. The van der Waals surface area contributed by atoms with Crippen LogP contribution in [0.4, 0.5) is 36.6 Å². The van der Waals surface area contributed by atoms with Crippen molar-refractivity contribution >= 4 is 44.3 Å². The van der Waals surface area contributed by atoms with Crippen molar-refractivity contribution < 1.29 is 54.2 Å². The van der Waals surface area contributed by atoms with Gasteiger partial charge in [-0.05, 0) is 61.6 Å². The number of pyridine rings is 1. The van der Waals surface area contributed by atoms with E-state index in [2.05, 4.69) is 37.1 Å². The number of aromatic nitrogens is 5. The summed E-state index contributed by atoms with van der Waals surface area (Å²) in [5.74, 6) is -3.56. The Kier molecular flexibility index (Phi) is 11.1. The van der Waals surface area contributed by atoms with Gasteiger partial charge in [0.1, 0.15) is 35.2 Å². The zero-order valence-electron chi connectivity index (χ0n) is 30.8. The largest absolute Gasteiger partial charge is 0.435 e. The van der Waals surface area contributed by atoms with E-state index in [0.717, 1.165) is 25.3 Å². The molecule has 0 spiro atoms. The van der Waals surface area contributed by atoms with E-state index in [1.54, 1.807) is 0 Å². The number of sulfonamides is 1. The van der Waals surface area contributed by atoms with Gasteiger partial charge in [0, 0.05) is 35.7 Å². The molecule has 0 fully saturated rings. The van der Waals surface area contributed by atoms with Gasteiger partial charge in [0.05, 0.1) is 40.5 Å². The molecule has 2 aromatic carbocycles. The summed E-state index contributed by atoms with van der Waals surface area (Å²) in [5, 5.41) is 30.3. The second-order valence-corrected chi connectivity index (χ2v) is 16.3. The number of hydrogen-bond donors (Lipinski definition) is 4. The zero-order valence-corrected chi connectivity index (χ0v) is 32.4. The maximum atomic E-state index is 15.3. The molecule has 1 aliphatic rings. The van der Waals surface area contributed by atoms with E-state index in [0.29, 0.717) is 6.07 Å². The molecule has 1 aliphatic carbocycles. The van der Waals surface area contributed by atoms with Crippen LogP contribution in [-0.2, 0) is 53.4 Å². The van der Waals surface area contributed by atoms with Gasteiger partial charge < -0.3 is 15.5 Å². The summed E-state index contributed by atoms with van der Waals surface area (Å²) in [6.07, 6.45) is -5.33. The van der Waals surface area contributed by atoms with Crippen molar-refractivity contribution in [2.75, 3.05) is 17.6 Å². The topological polar surface area (TPSA) is 164 Å². The van der Waals surface area contributed by atoms with Crippen molar-refractivity contribution in [1.29, 1.82) is 0 Å². The van der Waals surface area contributed by atoms with Gasteiger partial charge >= 0.3 is 6.18 Å². The summed E-state index contributed by atoms with van der Waals surface area (Å²) in [5.41, 5.74) is -4.83. The van der Waals surface area contributed by atoms with Crippen molar-refractivity contribution in [2.24, 2.45) is 13.0 Å². The summed E-state index contributed by atoms with van der Waals surface area (Å²) >= 11 is 6.54. The van der Waals surface area contributed by atoms with Gasteiger partial charge in [0.15, 0.2) is 11.5 Å². The van der Waals surface area contributed by atoms with Gasteiger partial charge in [-0.1, -0.05) is 30.5 Å². The van der Waals surface area contributed by atoms with E-state index in [9.17, 15) is 45.4 Å².